The van der Waals surface area contributed by atoms with Crippen molar-refractivity contribution in [2.75, 3.05) is 5.32 Å². The molecule has 1 aliphatic heterocycles. The fourth-order valence-corrected chi connectivity index (χ4v) is 2.64. The molecule has 0 aliphatic carbocycles. The lowest BCUT2D eigenvalue weighted by Gasteiger charge is -2.28. The molecule has 2 aromatic rings. The molecule has 2 heterocycles. The lowest BCUT2D eigenvalue weighted by atomic mass is 9.95. The van der Waals surface area contributed by atoms with Crippen molar-refractivity contribution in [1.29, 1.82) is 0 Å². The topological polar surface area (TPSA) is 96.3 Å². The standard InChI is InChI=1S/C16H15ClN4O3/c1-8-7-12(21-24-8)19-15(22)13-9(2)18-16(23)20-14(13)10-3-5-11(17)6-4-10/h3-7,14H,1-2H3,(H2,18,20,23)(H,19,21,22). The van der Waals surface area contributed by atoms with Gasteiger partial charge >= 0.3 is 6.03 Å². The Morgan fingerprint density at radius 1 is 1.29 bits per heavy atom. The molecule has 0 saturated carbocycles. The van der Waals surface area contributed by atoms with Gasteiger partial charge in [0.25, 0.3) is 5.91 Å². The first kappa shape index (κ1) is 16.1. The van der Waals surface area contributed by atoms with E-state index >= 15 is 0 Å². The summed E-state index contributed by atoms with van der Waals surface area (Å²) in [7, 11) is 0. The minimum absolute atomic E-state index is 0.310. The fraction of sp³-hybridized carbons (Fsp3) is 0.188. The Bertz CT molecular complexity index is 826. The second kappa shape index (κ2) is 6.37. The average molecular weight is 347 g/mol. The first-order valence-electron chi connectivity index (χ1n) is 7.22. The minimum Gasteiger partial charge on any atom is -0.360 e. The van der Waals surface area contributed by atoms with Gasteiger partial charge in [-0.3, -0.25) is 4.79 Å². The summed E-state index contributed by atoms with van der Waals surface area (Å²) in [5.74, 6) is 0.512. The Balaban J connectivity index is 1.94. The van der Waals surface area contributed by atoms with Gasteiger partial charge in [-0.05, 0) is 31.5 Å². The second-order valence-corrected chi connectivity index (χ2v) is 5.84. The average Bonchev–Trinajstić information content (AvgIpc) is 2.92. The number of amides is 3. The van der Waals surface area contributed by atoms with E-state index in [0.29, 0.717) is 27.9 Å². The summed E-state index contributed by atoms with van der Waals surface area (Å²) in [6.07, 6.45) is 0. The highest BCUT2D eigenvalue weighted by Gasteiger charge is 2.31. The first-order chi connectivity index (χ1) is 11.4. The van der Waals surface area contributed by atoms with E-state index in [4.69, 9.17) is 16.1 Å². The van der Waals surface area contributed by atoms with Crippen LogP contribution in [0.1, 0.15) is 24.3 Å². The molecule has 1 aromatic carbocycles. The summed E-state index contributed by atoms with van der Waals surface area (Å²) in [6.45, 7) is 3.40. The summed E-state index contributed by atoms with van der Waals surface area (Å²) in [5, 5.41) is 12.3. The van der Waals surface area contributed by atoms with Crippen molar-refractivity contribution < 1.29 is 14.1 Å². The zero-order valence-corrected chi connectivity index (χ0v) is 13.8. The number of carbonyl (C=O) groups excluding carboxylic acids is 2. The van der Waals surface area contributed by atoms with Crippen LogP contribution in [0.15, 0.2) is 46.1 Å². The monoisotopic (exact) mass is 346 g/mol. The molecule has 24 heavy (non-hydrogen) atoms. The van der Waals surface area contributed by atoms with Gasteiger partial charge in [-0.2, -0.15) is 0 Å². The van der Waals surface area contributed by atoms with Crippen LogP contribution in [0.4, 0.5) is 10.6 Å². The number of urea groups is 1. The third-order valence-electron chi connectivity index (χ3n) is 3.59. The van der Waals surface area contributed by atoms with E-state index in [1.807, 2.05) is 0 Å². The minimum atomic E-state index is -0.594. The van der Waals surface area contributed by atoms with Crippen molar-refractivity contribution in [3.8, 4) is 0 Å². The van der Waals surface area contributed by atoms with Crippen LogP contribution in [0, 0.1) is 6.92 Å². The van der Waals surface area contributed by atoms with Crippen molar-refractivity contribution >= 4 is 29.4 Å². The maximum atomic E-state index is 12.7. The number of aromatic nitrogens is 1. The summed E-state index contributed by atoms with van der Waals surface area (Å²) in [4.78, 5) is 24.5. The first-order valence-corrected chi connectivity index (χ1v) is 7.60. The van der Waals surface area contributed by atoms with E-state index in [-0.39, 0.29) is 11.9 Å². The number of benzene rings is 1. The normalized spacial score (nSPS) is 17.3. The molecule has 3 N–H and O–H groups in total. The predicted molar refractivity (Wildman–Crippen MR) is 88.4 cm³/mol. The van der Waals surface area contributed by atoms with Gasteiger partial charge in [-0.1, -0.05) is 28.9 Å². The Morgan fingerprint density at radius 3 is 2.62 bits per heavy atom. The summed E-state index contributed by atoms with van der Waals surface area (Å²) < 4.78 is 4.94. The van der Waals surface area contributed by atoms with Crippen molar-refractivity contribution in [3.05, 3.63) is 57.9 Å². The van der Waals surface area contributed by atoms with Gasteiger partial charge in [0, 0.05) is 16.8 Å². The maximum absolute atomic E-state index is 12.7. The summed E-state index contributed by atoms with van der Waals surface area (Å²) in [6, 6.07) is 7.58. The number of nitrogens with one attached hydrogen (secondary N) is 3. The molecule has 3 amide bonds. The molecule has 8 heteroatoms. The molecule has 3 rings (SSSR count). The Kier molecular flexibility index (Phi) is 4.26. The molecule has 1 atom stereocenters. The lowest BCUT2D eigenvalue weighted by Crippen LogP contribution is -2.45. The van der Waals surface area contributed by atoms with Gasteiger partial charge in [0.15, 0.2) is 5.82 Å². The molecule has 0 radical (unpaired) electrons. The zero-order chi connectivity index (χ0) is 17.3. The van der Waals surface area contributed by atoms with Crippen molar-refractivity contribution in [2.24, 2.45) is 0 Å². The van der Waals surface area contributed by atoms with E-state index in [2.05, 4.69) is 21.1 Å². The molecule has 0 spiro atoms. The molecule has 1 aromatic heterocycles. The van der Waals surface area contributed by atoms with Crippen LogP contribution in [0.5, 0.6) is 0 Å². The molecule has 0 saturated heterocycles. The van der Waals surface area contributed by atoms with Gasteiger partial charge < -0.3 is 20.5 Å². The number of rotatable bonds is 3. The highest BCUT2D eigenvalue weighted by Crippen LogP contribution is 2.28. The highest BCUT2D eigenvalue weighted by molar-refractivity contribution is 6.30. The lowest BCUT2D eigenvalue weighted by molar-refractivity contribution is -0.113. The van der Waals surface area contributed by atoms with Crippen LogP contribution in [0.3, 0.4) is 0 Å². The molecule has 1 unspecified atom stereocenters. The Labute approximate surface area is 143 Å². The Morgan fingerprint density at radius 2 is 2.00 bits per heavy atom. The number of anilines is 1. The SMILES string of the molecule is CC1=C(C(=O)Nc2cc(C)on2)C(c2ccc(Cl)cc2)NC(=O)N1. The zero-order valence-electron chi connectivity index (χ0n) is 13.0. The summed E-state index contributed by atoms with van der Waals surface area (Å²) >= 11 is 5.91. The number of hydrogen-bond acceptors (Lipinski definition) is 4. The van der Waals surface area contributed by atoms with E-state index in [1.165, 1.54) is 0 Å². The van der Waals surface area contributed by atoms with Crippen molar-refractivity contribution in [1.82, 2.24) is 15.8 Å². The van der Waals surface area contributed by atoms with Crippen molar-refractivity contribution in [3.63, 3.8) is 0 Å². The fourth-order valence-electron chi connectivity index (χ4n) is 2.51. The van der Waals surface area contributed by atoms with Crippen LogP contribution in [-0.2, 0) is 4.79 Å². The Hall–Kier alpha value is -2.80. The molecule has 0 fully saturated rings. The quantitative estimate of drug-likeness (QED) is 0.796. The van der Waals surface area contributed by atoms with Crippen LogP contribution in [0.25, 0.3) is 0 Å². The van der Waals surface area contributed by atoms with Gasteiger partial charge in [-0.15, -0.1) is 0 Å². The summed E-state index contributed by atoms with van der Waals surface area (Å²) in [5.41, 5.74) is 1.60. The van der Waals surface area contributed by atoms with E-state index < -0.39 is 6.04 Å². The van der Waals surface area contributed by atoms with Gasteiger partial charge in [0.1, 0.15) is 5.76 Å². The molecule has 7 nitrogen and oxygen atoms in total. The molecule has 124 valence electrons. The number of carbonyl (C=O) groups is 2. The predicted octanol–water partition coefficient (Wildman–Crippen LogP) is 2.90. The number of allylic oxidation sites excluding steroid dienone is 1. The number of halogens is 1. The van der Waals surface area contributed by atoms with Crippen LogP contribution < -0.4 is 16.0 Å². The highest BCUT2D eigenvalue weighted by atomic mass is 35.5. The number of nitrogens with zero attached hydrogens (tertiary/aromatic N) is 1. The van der Waals surface area contributed by atoms with Crippen LogP contribution in [-0.4, -0.2) is 17.1 Å². The van der Waals surface area contributed by atoms with E-state index in [0.717, 1.165) is 5.56 Å². The molecular formula is C16H15ClN4O3. The maximum Gasteiger partial charge on any atom is 0.319 e. The number of aryl methyl sites for hydroxylation is 1. The number of hydrogen-bond donors (Lipinski definition) is 3. The van der Waals surface area contributed by atoms with Crippen LogP contribution >= 0.6 is 11.6 Å². The van der Waals surface area contributed by atoms with E-state index in [1.54, 1.807) is 44.2 Å². The van der Waals surface area contributed by atoms with E-state index in [9.17, 15) is 9.59 Å². The van der Waals surface area contributed by atoms with Crippen molar-refractivity contribution in [2.45, 2.75) is 19.9 Å². The third-order valence-corrected chi connectivity index (χ3v) is 3.84. The molecular weight excluding hydrogens is 332 g/mol. The second-order valence-electron chi connectivity index (χ2n) is 5.40. The molecule has 1 aliphatic rings. The third kappa shape index (κ3) is 3.26. The van der Waals surface area contributed by atoms with Gasteiger partial charge in [0.05, 0.1) is 11.6 Å². The smallest absolute Gasteiger partial charge is 0.319 e. The molecule has 0 bridgehead atoms. The van der Waals surface area contributed by atoms with Crippen LogP contribution in [0.2, 0.25) is 5.02 Å². The largest absolute Gasteiger partial charge is 0.360 e. The van der Waals surface area contributed by atoms with Gasteiger partial charge in [0.2, 0.25) is 0 Å². The van der Waals surface area contributed by atoms with Gasteiger partial charge in [-0.25, -0.2) is 4.79 Å².